The number of carbonyl (C=O) groups is 2. The van der Waals surface area contributed by atoms with Crippen molar-refractivity contribution in [2.75, 3.05) is 13.1 Å². The fourth-order valence-electron chi connectivity index (χ4n) is 3.04. The van der Waals surface area contributed by atoms with Gasteiger partial charge in [-0.05, 0) is 37.8 Å². The first-order valence-electron chi connectivity index (χ1n) is 7.86. The first kappa shape index (κ1) is 16.5. The molecule has 0 bridgehead atoms. The Labute approximate surface area is 131 Å². The Balaban J connectivity index is 1.89. The maximum Gasteiger partial charge on any atom is 0.320 e. The van der Waals surface area contributed by atoms with Crippen molar-refractivity contribution in [2.45, 2.75) is 45.2 Å². The van der Waals surface area contributed by atoms with Crippen LogP contribution in [-0.2, 0) is 4.79 Å². The number of likely N-dealkylation sites (tertiary alicyclic amines) is 1. The van der Waals surface area contributed by atoms with Gasteiger partial charge in [0.25, 0.3) is 5.91 Å². The van der Waals surface area contributed by atoms with Gasteiger partial charge in [0.05, 0.1) is 0 Å². The van der Waals surface area contributed by atoms with E-state index in [-0.39, 0.29) is 11.9 Å². The van der Waals surface area contributed by atoms with Gasteiger partial charge in [0.2, 0.25) is 0 Å². The minimum Gasteiger partial charge on any atom is -0.480 e. The van der Waals surface area contributed by atoms with E-state index in [4.69, 9.17) is 0 Å². The number of nitrogens with zero attached hydrogens (tertiary/aromatic N) is 1. The quantitative estimate of drug-likeness (QED) is 0.873. The molecule has 1 aromatic carbocycles. The van der Waals surface area contributed by atoms with Crippen molar-refractivity contribution in [1.82, 2.24) is 10.2 Å². The summed E-state index contributed by atoms with van der Waals surface area (Å²) < 4.78 is 0. The summed E-state index contributed by atoms with van der Waals surface area (Å²) in [5, 5.41) is 12.3. The number of hydrogen-bond donors (Lipinski definition) is 2. The monoisotopic (exact) mass is 304 g/mol. The van der Waals surface area contributed by atoms with Crippen LogP contribution in [0.2, 0.25) is 0 Å². The number of hydrogen-bond acceptors (Lipinski definition) is 3. The molecule has 0 aliphatic carbocycles. The maximum atomic E-state index is 12.3. The first-order chi connectivity index (χ1) is 10.5. The Hall–Kier alpha value is -1.88. The van der Waals surface area contributed by atoms with Crippen LogP contribution in [0, 0.1) is 6.92 Å². The summed E-state index contributed by atoms with van der Waals surface area (Å²) >= 11 is 0. The fraction of sp³-hybridized carbons (Fsp3) is 0.529. The summed E-state index contributed by atoms with van der Waals surface area (Å²) in [7, 11) is 0. The molecule has 2 rings (SSSR count). The first-order valence-corrected chi connectivity index (χ1v) is 7.86. The predicted octanol–water partition coefficient (Wildman–Crippen LogP) is 2.05. The average molecular weight is 304 g/mol. The van der Waals surface area contributed by atoms with Gasteiger partial charge in [-0.25, -0.2) is 0 Å². The van der Waals surface area contributed by atoms with Crippen LogP contribution in [0.15, 0.2) is 24.3 Å². The minimum absolute atomic E-state index is 0.0400. The van der Waals surface area contributed by atoms with Gasteiger partial charge in [-0.3, -0.25) is 14.5 Å². The van der Waals surface area contributed by atoms with Crippen LogP contribution in [0.25, 0.3) is 0 Å². The highest BCUT2D eigenvalue weighted by molar-refractivity contribution is 5.95. The normalized spacial score (nSPS) is 17.9. The molecule has 1 atom stereocenters. The number of aryl methyl sites for hydroxylation is 1. The molecule has 1 heterocycles. The van der Waals surface area contributed by atoms with Crippen molar-refractivity contribution in [3.8, 4) is 0 Å². The van der Waals surface area contributed by atoms with Crippen molar-refractivity contribution in [3.63, 3.8) is 0 Å². The minimum atomic E-state index is -0.759. The second kappa shape index (κ2) is 7.40. The zero-order valence-corrected chi connectivity index (χ0v) is 13.2. The largest absolute Gasteiger partial charge is 0.480 e. The molecule has 5 nitrogen and oxygen atoms in total. The van der Waals surface area contributed by atoms with Gasteiger partial charge in [0, 0.05) is 24.7 Å². The Morgan fingerprint density at radius 3 is 2.50 bits per heavy atom. The second-order valence-corrected chi connectivity index (χ2v) is 5.86. The van der Waals surface area contributed by atoms with Crippen LogP contribution in [-0.4, -0.2) is 47.1 Å². The topological polar surface area (TPSA) is 69.6 Å². The van der Waals surface area contributed by atoms with E-state index in [0.29, 0.717) is 25.1 Å². The van der Waals surface area contributed by atoms with E-state index >= 15 is 0 Å². The number of nitrogens with one attached hydrogen (secondary N) is 1. The molecule has 120 valence electrons. The number of carboxylic acids is 1. The van der Waals surface area contributed by atoms with E-state index in [2.05, 4.69) is 5.32 Å². The molecule has 1 aliphatic heterocycles. The van der Waals surface area contributed by atoms with Crippen LogP contribution < -0.4 is 5.32 Å². The van der Waals surface area contributed by atoms with Crippen LogP contribution >= 0.6 is 0 Å². The molecule has 0 saturated carbocycles. The molecule has 1 aliphatic rings. The van der Waals surface area contributed by atoms with Crippen molar-refractivity contribution in [2.24, 2.45) is 0 Å². The summed E-state index contributed by atoms with van der Waals surface area (Å²) in [5.41, 5.74) is 1.68. The lowest BCUT2D eigenvalue weighted by atomic mass is 10.0. The van der Waals surface area contributed by atoms with Crippen LogP contribution in [0.1, 0.15) is 42.1 Å². The maximum absolute atomic E-state index is 12.3. The predicted molar refractivity (Wildman–Crippen MR) is 85.0 cm³/mol. The molecule has 22 heavy (non-hydrogen) atoms. The lowest BCUT2D eigenvalue weighted by molar-refractivity contribution is -0.143. The van der Waals surface area contributed by atoms with Crippen LogP contribution in [0.3, 0.4) is 0 Å². The number of benzene rings is 1. The smallest absolute Gasteiger partial charge is 0.320 e. The second-order valence-electron chi connectivity index (χ2n) is 5.86. The van der Waals surface area contributed by atoms with Crippen molar-refractivity contribution in [1.29, 1.82) is 0 Å². The van der Waals surface area contributed by atoms with E-state index in [1.807, 2.05) is 43.0 Å². The number of carbonyl (C=O) groups excluding carboxylic acids is 1. The summed E-state index contributed by atoms with van der Waals surface area (Å²) in [4.78, 5) is 25.5. The molecule has 1 fully saturated rings. The molecule has 0 unspecified atom stereocenters. The lowest BCUT2D eigenvalue weighted by Crippen LogP contribution is -2.50. The standard InChI is InChI=1S/C17H24N2O3/c1-3-15(17(21)22)19-10-8-13(9-11-19)18-16(20)14-7-5-4-6-12(14)2/h4-7,13,15H,3,8-11H2,1-2H3,(H,18,20)(H,21,22)/t15-/m0/s1. The summed E-state index contributed by atoms with van der Waals surface area (Å²) in [6.45, 7) is 5.24. The van der Waals surface area contributed by atoms with Gasteiger partial charge in [0.15, 0.2) is 0 Å². The zero-order valence-electron chi connectivity index (χ0n) is 13.2. The van der Waals surface area contributed by atoms with Crippen LogP contribution in [0.4, 0.5) is 0 Å². The number of carboxylic acid groups (broad SMARTS) is 1. The van der Waals surface area contributed by atoms with Crippen LogP contribution in [0.5, 0.6) is 0 Å². The van der Waals surface area contributed by atoms with Crippen molar-refractivity contribution < 1.29 is 14.7 Å². The third-order valence-electron chi connectivity index (χ3n) is 4.37. The summed E-state index contributed by atoms with van der Waals surface area (Å²) in [5.74, 6) is -0.799. The van der Waals surface area contributed by atoms with E-state index in [9.17, 15) is 14.7 Å². The van der Waals surface area contributed by atoms with Gasteiger partial charge in [-0.1, -0.05) is 25.1 Å². The fourth-order valence-corrected chi connectivity index (χ4v) is 3.04. The average Bonchev–Trinajstić information content (AvgIpc) is 2.49. The molecule has 2 N–H and O–H groups in total. The molecule has 0 radical (unpaired) electrons. The third kappa shape index (κ3) is 3.85. The van der Waals surface area contributed by atoms with Crippen molar-refractivity contribution >= 4 is 11.9 Å². The van der Waals surface area contributed by atoms with Gasteiger partial charge in [0.1, 0.15) is 6.04 Å². The molecule has 1 amide bonds. The summed E-state index contributed by atoms with van der Waals surface area (Å²) in [6.07, 6.45) is 2.19. The molecule has 5 heteroatoms. The van der Waals surface area contributed by atoms with Gasteiger partial charge < -0.3 is 10.4 Å². The summed E-state index contributed by atoms with van der Waals surface area (Å²) in [6, 6.07) is 7.25. The highest BCUT2D eigenvalue weighted by Gasteiger charge is 2.29. The Kier molecular flexibility index (Phi) is 5.55. The van der Waals surface area contributed by atoms with E-state index in [1.54, 1.807) is 0 Å². The number of aliphatic carboxylic acids is 1. The Bertz CT molecular complexity index is 536. The van der Waals surface area contributed by atoms with E-state index in [1.165, 1.54) is 0 Å². The third-order valence-corrected chi connectivity index (χ3v) is 4.37. The molecular formula is C17H24N2O3. The van der Waals surface area contributed by atoms with Gasteiger partial charge in [-0.2, -0.15) is 0 Å². The van der Waals surface area contributed by atoms with Gasteiger partial charge >= 0.3 is 5.97 Å². The SMILES string of the molecule is CC[C@@H](C(=O)O)N1CCC(NC(=O)c2ccccc2C)CC1. The van der Waals surface area contributed by atoms with Gasteiger partial charge in [-0.15, -0.1) is 0 Å². The lowest BCUT2D eigenvalue weighted by Gasteiger charge is -2.35. The Morgan fingerprint density at radius 1 is 1.32 bits per heavy atom. The number of rotatable bonds is 5. The number of amides is 1. The molecule has 0 spiro atoms. The molecular weight excluding hydrogens is 280 g/mol. The highest BCUT2D eigenvalue weighted by atomic mass is 16.4. The molecule has 1 saturated heterocycles. The molecule has 1 aromatic rings. The van der Waals surface area contributed by atoms with Crippen molar-refractivity contribution in [3.05, 3.63) is 35.4 Å². The number of piperidine rings is 1. The molecule has 0 aromatic heterocycles. The Morgan fingerprint density at radius 2 is 1.95 bits per heavy atom. The van der Waals surface area contributed by atoms with E-state index in [0.717, 1.165) is 18.4 Å². The van der Waals surface area contributed by atoms with E-state index < -0.39 is 12.0 Å². The highest BCUT2D eigenvalue weighted by Crippen LogP contribution is 2.16. The zero-order chi connectivity index (χ0) is 16.1.